The Morgan fingerprint density at radius 3 is 2.52 bits per heavy atom. The smallest absolute Gasteiger partial charge is 0.381 e. The number of hydrogen-bond acceptors (Lipinski definition) is 3. The van der Waals surface area contributed by atoms with Crippen LogP contribution in [0.4, 0.5) is 18.0 Å². The number of alkyl halides is 3. The summed E-state index contributed by atoms with van der Waals surface area (Å²) in [4.78, 5) is 18.4. The van der Waals surface area contributed by atoms with Gasteiger partial charge in [0, 0.05) is 49.7 Å². The maximum atomic E-state index is 13.6. The minimum Gasteiger partial charge on any atom is -0.381 e. The van der Waals surface area contributed by atoms with Crippen molar-refractivity contribution in [1.82, 2.24) is 15.2 Å². The van der Waals surface area contributed by atoms with E-state index in [4.69, 9.17) is 4.74 Å². The second-order valence-corrected chi connectivity index (χ2v) is 7.70. The first kappa shape index (κ1) is 19.9. The van der Waals surface area contributed by atoms with E-state index >= 15 is 0 Å². The van der Waals surface area contributed by atoms with E-state index in [-0.39, 0.29) is 25.5 Å². The summed E-state index contributed by atoms with van der Waals surface area (Å²) in [5, 5.41) is 2.85. The molecule has 0 aromatic carbocycles. The highest BCUT2D eigenvalue weighted by molar-refractivity contribution is 5.74. The average molecular weight is 385 g/mol. The van der Waals surface area contributed by atoms with E-state index < -0.39 is 17.5 Å². The number of nitrogens with one attached hydrogen (secondary N) is 1. The van der Waals surface area contributed by atoms with Crippen LogP contribution in [0.5, 0.6) is 0 Å². The molecule has 1 unspecified atom stereocenters. The van der Waals surface area contributed by atoms with Crippen molar-refractivity contribution in [2.45, 2.75) is 45.8 Å². The molecule has 2 saturated heterocycles. The number of halogens is 3. The fourth-order valence-corrected chi connectivity index (χ4v) is 4.44. The summed E-state index contributed by atoms with van der Waals surface area (Å²) in [5.41, 5.74) is 1.73. The van der Waals surface area contributed by atoms with Gasteiger partial charge in [0.25, 0.3) is 0 Å². The molecule has 1 aromatic rings. The number of hydrogen-bond donors (Lipinski definition) is 1. The number of urea groups is 1. The molecule has 2 aliphatic heterocycles. The van der Waals surface area contributed by atoms with E-state index in [1.54, 1.807) is 0 Å². The number of nitrogens with zero attached hydrogens (tertiary/aromatic N) is 2. The second kappa shape index (κ2) is 7.66. The molecular formula is C19H26F3N3O2. The minimum atomic E-state index is -4.24. The van der Waals surface area contributed by atoms with Crippen LogP contribution in [0, 0.1) is 25.2 Å². The quantitative estimate of drug-likeness (QED) is 0.847. The van der Waals surface area contributed by atoms with Gasteiger partial charge in [-0.05, 0) is 50.8 Å². The van der Waals surface area contributed by atoms with Gasteiger partial charge < -0.3 is 15.0 Å². The maximum absolute atomic E-state index is 13.6. The molecule has 0 radical (unpaired) electrons. The summed E-state index contributed by atoms with van der Waals surface area (Å²) in [6.07, 6.45) is -3.62. The number of carbonyl (C=O) groups is 1. The van der Waals surface area contributed by atoms with Crippen LogP contribution in [-0.4, -0.2) is 48.4 Å². The van der Waals surface area contributed by atoms with Gasteiger partial charge in [0.05, 0.1) is 5.92 Å². The number of amides is 2. The van der Waals surface area contributed by atoms with Crippen LogP contribution >= 0.6 is 0 Å². The van der Waals surface area contributed by atoms with Crippen LogP contribution in [0.25, 0.3) is 0 Å². The first-order chi connectivity index (χ1) is 12.7. The fraction of sp³-hybridized carbons (Fsp3) is 0.684. The molecule has 8 heteroatoms. The van der Waals surface area contributed by atoms with Gasteiger partial charge in [-0.25, -0.2) is 4.79 Å². The van der Waals surface area contributed by atoms with Gasteiger partial charge in [-0.1, -0.05) is 0 Å². The highest BCUT2D eigenvalue weighted by Gasteiger charge is 2.56. The molecule has 27 heavy (non-hydrogen) atoms. The summed E-state index contributed by atoms with van der Waals surface area (Å²) in [7, 11) is 0. The first-order valence-electron chi connectivity index (χ1n) is 9.31. The maximum Gasteiger partial charge on any atom is 0.392 e. The summed E-state index contributed by atoms with van der Waals surface area (Å²) in [6.45, 7) is 4.98. The standard InChI is InChI=1S/C19H26F3N3O2/c1-13-9-15(10-14(2)24-13)11-23-17(26)25-6-3-16(19(20,21)22)18(12-25)4-7-27-8-5-18/h9-10,16H,3-8,11-12H2,1-2H3,(H,23,26). The zero-order valence-electron chi connectivity index (χ0n) is 15.7. The monoisotopic (exact) mass is 385 g/mol. The molecule has 2 fully saturated rings. The van der Waals surface area contributed by atoms with E-state index in [1.165, 1.54) is 4.90 Å². The van der Waals surface area contributed by atoms with E-state index in [0.717, 1.165) is 17.0 Å². The van der Waals surface area contributed by atoms with Crippen LogP contribution in [0.3, 0.4) is 0 Å². The Bertz CT molecular complexity index is 667. The summed E-state index contributed by atoms with van der Waals surface area (Å²) in [6, 6.07) is 3.47. The Morgan fingerprint density at radius 2 is 1.93 bits per heavy atom. The van der Waals surface area contributed by atoms with Crippen molar-refractivity contribution < 1.29 is 22.7 Å². The zero-order chi connectivity index (χ0) is 19.7. The Morgan fingerprint density at radius 1 is 1.30 bits per heavy atom. The minimum absolute atomic E-state index is 0.0512. The van der Waals surface area contributed by atoms with Crippen LogP contribution in [-0.2, 0) is 11.3 Å². The van der Waals surface area contributed by atoms with E-state index in [2.05, 4.69) is 10.3 Å². The Hall–Kier alpha value is -1.83. The van der Waals surface area contributed by atoms with Gasteiger partial charge in [0.2, 0.25) is 0 Å². The third-order valence-corrected chi connectivity index (χ3v) is 5.69. The van der Waals surface area contributed by atoms with Gasteiger partial charge in [-0.3, -0.25) is 4.98 Å². The molecule has 5 nitrogen and oxygen atoms in total. The number of piperidine rings is 1. The molecule has 1 N–H and O–H groups in total. The van der Waals surface area contributed by atoms with Gasteiger partial charge in [0.15, 0.2) is 0 Å². The normalized spacial score (nSPS) is 22.7. The third-order valence-electron chi connectivity index (χ3n) is 5.69. The number of rotatable bonds is 2. The number of carbonyl (C=O) groups excluding carboxylic acids is 1. The van der Waals surface area contributed by atoms with Crippen LogP contribution in [0.1, 0.15) is 36.2 Å². The molecular weight excluding hydrogens is 359 g/mol. The van der Waals surface area contributed by atoms with Crippen molar-refractivity contribution in [1.29, 1.82) is 0 Å². The number of aryl methyl sites for hydroxylation is 2. The molecule has 3 rings (SSSR count). The van der Waals surface area contributed by atoms with Crippen molar-refractivity contribution in [3.63, 3.8) is 0 Å². The van der Waals surface area contributed by atoms with Crippen molar-refractivity contribution >= 4 is 6.03 Å². The van der Waals surface area contributed by atoms with E-state index in [9.17, 15) is 18.0 Å². The molecule has 0 saturated carbocycles. The molecule has 2 aliphatic rings. The van der Waals surface area contributed by atoms with Crippen molar-refractivity contribution in [3.8, 4) is 0 Å². The zero-order valence-corrected chi connectivity index (χ0v) is 15.7. The summed E-state index contributed by atoms with van der Waals surface area (Å²) >= 11 is 0. The topological polar surface area (TPSA) is 54.5 Å². The highest BCUT2D eigenvalue weighted by atomic mass is 19.4. The SMILES string of the molecule is Cc1cc(CNC(=O)N2CCC(C(F)(F)F)C3(CCOCC3)C2)cc(C)n1. The number of pyridine rings is 1. The molecule has 2 amide bonds. The van der Waals surface area contributed by atoms with Gasteiger partial charge in [0.1, 0.15) is 0 Å². The predicted octanol–water partition coefficient (Wildman–Crippen LogP) is 3.59. The predicted molar refractivity (Wildman–Crippen MR) is 94.2 cm³/mol. The third kappa shape index (κ3) is 4.54. The van der Waals surface area contributed by atoms with E-state index in [1.807, 2.05) is 26.0 Å². The van der Waals surface area contributed by atoms with Crippen molar-refractivity contribution in [2.75, 3.05) is 26.3 Å². The Balaban J connectivity index is 1.67. The lowest BCUT2D eigenvalue weighted by molar-refractivity contribution is -0.232. The lowest BCUT2D eigenvalue weighted by atomic mass is 9.66. The Labute approximate surface area is 157 Å². The van der Waals surface area contributed by atoms with Gasteiger partial charge in [-0.15, -0.1) is 0 Å². The summed E-state index contributed by atoms with van der Waals surface area (Å²) < 4.78 is 46.0. The largest absolute Gasteiger partial charge is 0.392 e. The number of ether oxygens (including phenoxy) is 1. The van der Waals surface area contributed by atoms with E-state index in [0.29, 0.717) is 32.6 Å². The lowest BCUT2D eigenvalue weighted by Crippen LogP contribution is -2.58. The highest BCUT2D eigenvalue weighted by Crippen LogP contribution is 2.50. The van der Waals surface area contributed by atoms with Crippen molar-refractivity contribution in [3.05, 3.63) is 29.1 Å². The van der Waals surface area contributed by atoms with Crippen LogP contribution < -0.4 is 5.32 Å². The average Bonchev–Trinajstić information content (AvgIpc) is 2.58. The van der Waals surface area contributed by atoms with Crippen LogP contribution in [0.2, 0.25) is 0 Å². The van der Waals surface area contributed by atoms with Gasteiger partial charge >= 0.3 is 12.2 Å². The molecule has 0 bridgehead atoms. The molecule has 0 aliphatic carbocycles. The molecule has 3 heterocycles. The Kier molecular flexibility index (Phi) is 5.65. The first-order valence-corrected chi connectivity index (χ1v) is 9.31. The lowest BCUT2D eigenvalue weighted by Gasteiger charge is -2.50. The number of likely N-dealkylation sites (tertiary alicyclic amines) is 1. The molecule has 1 aromatic heterocycles. The fourth-order valence-electron chi connectivity index (χ4n) is 4.44. The molecule has 1 atom stereocenters. The van der Waals surface area contributed by atoms with Crippen LogP contribution in [0.15, 0.2) is 12.1 Å². The second-order valence-electron chi connectivity index (χ2n) is 7.70. The number of aromatic nitrogens is 1. The summed E-state index contributed by atoms with van der Waals surface area (Å²) in [5.74, 6) is -1.37. The van der Waals surface area contributed by atoms with Gasteiger partial charge in [-0.2, -0.15) is 13.2 Å². The van der Waals surface area contributed by atoms with Crippen molar-refractivity contribution in [2.24, 2.45) is 11.3 Å². The molecule has 1 spiro atoms. The molecule has 150 valence electrons.